The standard InChI is InChI=1S/C10H10ClN3O2S/c11-7-2-1-3-8(4-7)17(15)6-9-13-10(5-12)16-14-9/h1-4H,5-6,12H2. The quantitative estimate of drug-likeness (QED) is 0.911. The Balaban J connectivity index is 2.11. The topological polar surface area (TPSA) is 82.0 Å². The van der Waals surface area contributed by atoms with Crippen LogP contribution < -0.4 is 5.73 Å². The molecule has 2 aromatic rings. The fraction of sp³-hybridized carbons (Fsp3) is 0.200. The van der Waals surface area contributed by atoms with E-state index in [2.05, 4.69) is 10.1 Å². The van der Waals surface area contributed by atoms with Crippen molar-refractivity contribution in [3.05, 3.63) is 41.0 Å². The summed E-state index contributed by atoms with van der Waals surface area (Å²) in [5.74, 6) is 0.899. The van der Waals surface area contributed by atoms with Gasteiger partial charge in [0, 0.05) is 9.92 Å². The van der Waals surface area contributed by atoms with Crippen molar-refractivity contribution in [2.24, 2.45) is 5.73 Å². The van der Waals surface area contributed by atoms with Crippen LogP contribution in [-0.2, 0) is 23.1 Å². The minimum atomic E-state index is -1.24. The van der Waals surface area contributed by atoms with E-state index in [1.165, 1.54) is 0 Å². The van der Waals surface area contributed by atoms with Gasteiger partial charge in [0.05, 0.1) is 23.1 Å². The van der Waals surface area contributed by atoms with Crippen molar-refractivity contribution in [3.8, 4) is 0 Å². The number of hydrogen-bond acceptors (Lipinski definition) is 5. The van der Waals surface area contributed by atoms with Crippen LogP contribution in [0.4, 0.5) is 0 Å². The third-order valence-corrected chi connectivity index (χ3v) is 3.54. The Morgan fingerprint density at radius 1 is 1.47 bits per heavy atom. The highest BCUT2D eigenvalue weighted by molar-refractivity contribution is 7.84. The highest BCUT2D eigenvalue weighted by Crippen LogP contribution is 2.16. The fourth-order valence-corrected chi connectivity index (χ4v) is 2.50. The summed E-state index contributed by atoms with van der Waals surface area (Å²) in [6.45, 7) is 0.177. The van der Waals surface area contributed by atoms with Crippen LogP contribution in [0, 0.1) is 0 Å². The summed E-state index contributed by atoms with van der Waals surface area (Å²) in [5.41, 5.74) is 5.34. The molecule has 7 heteroatoms. The molecule has 2 rings (SSSR count). The first-order valence-corrected chi connectivity index (χ1v) is 6.54. The largest absolute Gasteiger partial charge is 0.338 e. The third kappa shape index (κ3) is 3.12. The normalized spacial score (nSPS) is 12.6. The van der Waals surface area contributed by atoms with E-state index in [9.17, 15) is 4.21 Å². The third-order valence-electron chi connectivity index (χ3n) is 2.00. The van der Waals surface area contributed by atoms with Gasteiger partial charge in [0.25, 0.3) is 0 Å². The van der Waals surface area contributed by atoms with Crippen LogP contribution in [0.5, 0.6) is 0 Å². The van der Waals surface area contributed by atoms with Gasteiger partial charge in [-0.15, -0.1) is 0 Å². The molecule has 0 aliphatic heterocycles. The Morgan fingerprint density at radius 2 is 2.29 bits per heavy atom. The molecule has 0 fully saturated rings. The zero-order valence-electron chi connectivity index (χ0n) is 8.80. The van der Waals surface area contributed by atoms with Gasteiger partial charge >= 0.3 is 0 Å². The van der Waals surface area contributed by atoms with Crippen molar-refractivity contribution < 1.29 is 8.73 Å². The van der Waals surface area contributed by atoms with Gasteiger partial charge in [-0.1, -0.05) is 22.8 Å². The average Bonchev–Trinajstić information content (AvgIpc) is 2.77. The zero-order chi connectivity index (χ0) is 12.3. The predicted molar refractivity (Wildman–Crippen MR) is 63.8 cm³/mol. The summed E-state index contributed by atoms with van der Waals surface area (Å²) in [7, 11) is -1.24. The van der Waals surface area contributed by atoms with Crippen LogP contribution in [0.25, 0.3) is 0 Å². The molecule has 1 heterocycles. The number of hydrogen-bond donors (Lipinski definition) is 1. The second-order valence-electron chi connectivity index (χ2n) is 3.26. The summed E-state index contributed by atoms with van der Waals surface area (Å²) in [5, 5.41) is 4.23. The molecule has 1 aromatic carbocycles. The van der Waals surface area contributed by atoms with Gasteiger partial charge in [-0.25, -0.2) is 0 Å². The molecule has 17 heavy (non-hydrogen) atoms. The molecular formula is C10H10ClN3O2S. The maximum absolute atomic E-state index is 12.0. The highest BCUT2D eigenvalue weighted by Gasteiger charge is 2.11. The Hall–Kier alpha value is -1.24. The molecule has 0 radical (unpaired) electrons. The van der Waals surface area contributed by atoms with E-state index in [1.807, 2.05) is 0 Å². The zero-order valence-corrected chi connectivity index (χ0v) is 10.4. The van der Waals surface area contributed by atoms with Crippen LogP contribution in [0.2, 0.25) is 5.02 Å². The molecule has 0 spiro atoms. The van der Waals surface area contributed by atoms with Crippen molar-refractivity contribution >= 4 is 22.4 Å². The molecule has 5 nitrogen and oxygen atoms in total. The lowest BCUT2D eigenvalue weighted by atomic mass is 10.4. The van der Waals surface area contributed by atoms with Crippen molar-refractivity contribution in [2.75, 3.05) is 0 Å². The summed E-state index contributed by atoms with van der Waals surface area (Å²) in [6.07, 6.45) is 0. The Bertz CT molecular complexity index is 544. The molecule has 0 saturated carbocycles. The number of benzene rings is 1. The molecular weight excluding hydrogens is 262 g/mol. The van der Waals surface area contributed by atoms with Crippen LogP contribution in [-0.4, -0.2) is 14.3 Å². The Morgan fingerprint density at radius 3 is 2.94 bits per heavy atom. The highest BCUT2D eigenvalue weighted by atomic mass is 35.5. The van der Waals surface area contributed by atoms with E-state index in [-0.39, 0.29) is 12.3 Å². The molecule has 2 N–H and O–H groups in total. The van der Waals surface area contributed by atoms with Gasteiger partial charge in [-0.2, -0.15) is 4.98 Å². The van der Waals surface area contributed by atoms with Crippen LogP contribution in [0.3, 0.4) is 0 Å². The predicted octanol–water partition coefficient (Wildman–Crippen LogP) is 1.49. The maximum atomic E-state index is 12.0. The molecule has 0 aliphatic carbocycles. The lowest BCUT2D eigenvalue weighted by Crippen LogP contribution is -2.00. The smallest absolute Gasteiger partial charge is 0.240 e. The first-order chi connectivity index (χ1) is 8.19. The van der Waals surface area contributed by atoms with Gasteiger partial charge in [-0.3, -0.25) is 4.21 Å². The number of rotatable bonds is 4. The fourth-order valence-electron chi connectivity index (χ4n) is 1.24. The number of nitrogens with two attached hydrogens (primary N) is 1. The van der Waals surface area contributed by atoms with Crippen molar-refractivity contribution in [2.45, 2.75) is 17.2 Å². The summed E-state index contributed by atoms with van der Waals surface area (Å²) in [4.78, 5) is 4.62. The van der Waals surface area contributed by atoms with Gasteiger partial charge in [0.2, 0.25) is 5.89 Å². The van der Waals surface area contributed by atoms with Crippen LogP contribution in [0.1, 0.15) is 11.7 Å². The van der Waals surface area contributed by atoms with Gasteiger partial charge in [0.1, 0.15) is 0 Å². The van der Waals surface area contributed by atoms with Gasteiger partial charge in [-0.05, 0) is 18.2 Å². The van der Waals surface area contributed by atoms with E-state index in [1.54, 1.807) is 24.3 Å². The first-order valence-electron chi connectivity index (χ1n) is 4.84. The number of halogens is 1. The van der Waals surface area contributed by atoms with Crippen LogP contribution in [0.15, 0.2) is 33.7 Å². The summed E-state index contributed by atoms with van der Waals surface area (Å²) >= 11 is 5.82. The average molecular weight is 272 g/mol. The summed E-state index contributed by atoms with van der Waals surface area (Å²) in [6, 6.07) is 6.87. The lowest BCUT2D eigenvalue weighted by Gasteiger charge is -1.99. The molecule has 0 aliphatic rings. The minimum Gasteiger partial charge on any atom is -0.338 e. The number of aromatic nitrogens is 2. The molecule has 1 unspecified atom stereocenters. The van der Waals surface area contributed by atoms with Gasteiger partial charge < -0.3 is 10.3 Å². The lowest BCUT2D eigenvalue weighted by molar-refractivity contribution is 0.376. The minimum absolute atomic E-state index is 0.177. The molecule has 0 amide bonds. The Kier molecular flexibility index (Phi) is 3.88. The summed E-state index contributed by atoms with van der Waals surface area (Å²) < 4.78 is 16.8. The van der Waals surface area contributed by atoms with E-state index in [0.717, 1.165) is 0 Å². The van der Waals surface area contributed by atoms with Crippen LogP contribution >= 0.6 is 11.6 Å². The Labute approximate surface area is 105 Å². The van der Waals surface area contributed by atoms with Gasteiger partial charge in [0.15, 0.2) is 5.82 Å². The van der Waals surface area contributed by atoms with E-state index in [0.29, 0.717) is 21.6 Å². The number of nitrogens with zero attached hydrogens (tertiary/aromatic N) is 2. The second-order valence-corrected chi connectivity index (χ2v) is 5.14. The molecule has 90 valence electrons. The van der Waals surface area contributed by atoms with E-state index >= 15 is 0 Å². The molecule has 1 atom stereocenters. The maximum Gasteiger partial charge on any atom is 0.240 e. The second kappa shape index (κ2) is 5.39. The first kappa shape index (κ1) is 12.2. The van der Waals surface area contributed by atoms with E-state index in [4.69, 9.17) is 21.9 Å². The molecule has 1 aromatic heterocycles. The van der Waals surface area contributed by atoms with E-state index < -0.39 is 10.8 Å². The van der Waals surface area contributed by atoms with Crippen molar-refractivity contribution in [1.29, 1.82) is 0 Å². The monoisotopic (exact) mass is 271 g/mol. The molecule has 0 bridgehead atoms. The van der Waals surface area contributed by atoms with Crippen molar-refractivity contribution in [1.82, 2.24) is 10.1 Å². The van der Waals surface area contributed by atoms with Crippen molar-refractivity contribution in [3.63, 3.8) is 0 Å². The molecule has 0 saturated heterocycles. The SMILES string of the molecule is NCc1nc(CS(=O)c2cccc(Cl)c2)no1.